The first kappa shape index (κ1) is 19.2. The SMILES string of the molecule is CC1(C)Oc2ccc3ccc(=O)oc3c2CC1=NNc1ccc(C(C)(C)C)cc1. The Hall–Kier alpha value is -3.08. The Kier molecular flexibility index (Phi) is 4.49. The third-order valence-electron chi connectivity index (χ3n) is 5.32. The van der Waals surface area contributed by atoms with Crippen LogP contribution in [0, 0.1) is 0 Å². The van der Waals surface area contributed by atoms with Crippen molar-refractivity contribution < 1.29 is 9.15 Å². The summed E-state index contributed by atoms with van der Waals surface area (Å²) in [5.74, 6) is 0.727. The van der Waals surface area contributed by atoms with E-state index in [-0.39, 0.29) is 11.0 Å². The number of nitrogens with zero attached hydrogens (tertiary/aromatic N) is 1. The van der Waals surface area contributed by atoms with E-state index in [1.165, 1.54) is 11.6 Å². The summed E-state index contributed by atoms with van der Waals surface area (Å²) in [6.07, 6.45) is 0.541. The molecule has 0 amide bonds. The summed E-state index contributed by atoms with van der Waals surface area (Å²) in [5, 5.41) is 5.52. The van der Waals surface area contributed by atoms with Crippen molar-refractivity contribution in [3.8, 4) is 5.75 Å². The lowest BCUT2D eigenvalue weighted by atomic mass is 9.87. The van der Waals surface area contributed by atoms with Crippen LogP contribution in [-0.4, -0.2) is 11.3 Å². The molecule has 0 saturated carbocycles. The van der Waals surface area contributed by atoms with Crippen molar-refractivity contribution in [3.63, 3.8) is 0 Å². The van der Waals surface area contributed by atoms with E-state index >= 15 is 0 Å². The van der Waals surface area contributed by atoms with E-state index in [4.69, 9.17) is 9.15 Å². The van der Waals surface area contributed by atoms with Gasteiger partial charge in [-0.3, -0.25) is 5.43 Å². The van der Waals surface area contributed by atoms with Crippen LogP contribution in [0.25, 0.3) is 11.0 Å². The Labute approximate surface area is 170 Å². The minimum atomic E-state index is -0.575. The van der Waals surface area contributed by atoms with Gasteiger partial charge in [0.15, 0.2) is 0 Å². The quantitative estimate of drug-likeness (QED) is 0.478. The summed E-state index contributed by atoms with van der Waals surface area (Å²) in [4.78, 5) is 11.7. The fourth-order valence-electron chi connectivity index (χ4n) is 3.50. The number of anilines is 1. The van der Waals surface area contributed by atoms with E-state index in [9.17, 15) is 4.79 Å². The molecule has 29 heavy (non-hydrogen) atoms. The number of nitrogens with one attached hydrogen (secondary N) is 1. The topological polar surface area (TPSA) is 63.8 Å². The van der Waals surface area contributed by atoms with Crippen molar-refractivity contribution in [2.45, 2.75) is 52.1 Å². The molecular formula is C24H26N2O3. The molecule has 150 valence electrons. The van der Waals surface area contributed by atoms with E-state index in [2.05, 4.69) is 43.4 Å². The molecule has 0 atom stereocenters. The summed E-state index contributed by atoms with van der Waals surface area (Å²) >= 11 is 0. The van der Waals surface area contributed by atoms with Crippen molar-refractivity contribution in [1.29, 1.82) is 0 Å². The zero-order valence-electron chi connectivity index (χ0n) is 17.5. The van der Waals surface area contributed by atoms with Gasteiger partial charge < -0.3 is 9.15 Å². The number of benzene rings is 2. The molecule has 0 bridgehead atoms. The molecule has 0 saturated heterocycles. The summed E-state index contributed by atoms with van der Waals surface area (Å²) in [6, 6.07) is 15.3. The molecule has 2 heterocycles. The van der Waals surface area contributed by atoms with Crippen LogP contribution in [0.3, 0.4) is 0 Å². The molecule has 0 fully saturated rings. The van der Waals surface area contributed by atoms with Gasteiger partial charge in [-0.25, -0.2) is 4.79 Å². The maximum Gasteiger partial charge on any atom is 0.336 e. The highest BCUT2D eigenvalue weighted by Crippen LogP contribution is 2.36. The van der Waals surface area contributed by atoms with E-state index in [0.717, 1.165) is 28.1 Å². The van der Waals surface area contributed by atoms with Crippen LogP contribution in [0.15, 0.2) is 62.8 Å². The van der Waals surface area contributed by atoms with Gasteiger partial charge >= 0.3 is 5.63 Å². The van der Waals surface area contributed by atoms with Crippen LogP contribution in [0.2, 0.25) is 0 Å². The minimum Gasteiger partial charge on any atom is -0.481 e. The number of hydrogen-bond acceptors (Lipinski definition) is 5. The summed E-state index contributed by atoms with van der Waals surface area (Å²) in [5.41, 5.74) is 6.75. The smallest absolute Gasteiger partial charge is 0.336 e. The van der Waals surface area contributed by atoms with E-state index in [1.54, 1.807) is 6.07 Å². The highest BCUT2D eigenvalue weighted by atomic mass is 16.5. The third kappa shape index (κ3) is 3.77. The molecule has 3 aromatic rings. The molecule has 2 aromatic carbocycles. The van der Waals surface area contributed by atoms with Gasteiger partial charge in [0.2, 0.25) is 0 Å². The van der Waals surface area contributed by atoms with Crippen molar-refractivity contribution in [2.75, 3.05) is 5.43 Å². The van der Waals surface area contributed by atoms with Crippen LogP contribution in [0.5, 0.6) is 5.75 Å². The zero-order chi connectivity index (χ0) is 20.8. The normalized spacial score (nSPS) is 17.1. The van der Waals surface area contributed by atoms with Gasteiger partial charge in [0, 0.05) is 23.4 Å². The molecule has 5 heteroatoms. The number of rotatable bonds is 2. The first-order chi connectivity index (χ1) is 13.6. The standard InChI is InChI=1S/C24H26N2O3/c1-23(2,3)16-8-10-17(11-9-16)25-26-20-14-18-19(29-24(20,4)5)12-6-15-7-13-21(27)28-22(15)18/h6-13,25H,14H2,1-5H3. The molecule has 1 aliphatic rings. The average molecular weight is 390 g/mol. The van der Waals surface area contributed by atoms with Crippen LogP contribution < -0.4 is 15.8 Å². The maximum atomic E-state index is 11.7. The van der Waals surface area contributed by atoms with Gasteiger partial charge in [0.25, 0.3) is 0 Å². The highest BCUT2D eigenvalue weighted by molar-refractivity contribution is 5.99. The Balaban J connectivity index is 1.66. The Morgan fingerprint density at radius 1 is 1.00 bits per heavy atom. The lowest BCUT2D eigenvalue weighted by Gasteiger charge is -2.34. The first-order valence-electron chi connectivity index (χ1n) is 9.82. The predicted octanol–water partition coefficient (Wildman–Crippen LogP) is 5.27. The molecule has 0 radical (unpaired) electrons. The van der Waals surface area contributed by atoms with Crippen LogP contribution in [-0.2, 0) is 11.8 Å². The third-order valence-corrected chi connectivity index (χ3v) is 5.32. The lowest BCUT2D eigenvalue weighted by molar-refractivity contribution is 0.171. The molecule has 0 spiro atoms. The molecule has 1 N–H and O–H groups in total. The summed E-state index contributed by atoms with van der Waals surface area (Å²) in [6.45, 7) is 10.6. The van der Waals surface area contributed by atoms with E-state index < -0.39 is 5.60 Å². The van der Waals surface area contributed by atoms with Gasteiger partial charge in [-0.05, 0) is 55.2 Å². The number of ether oxygens (including phenoxy) is 1. The second-order valence-electron chi connectivity index (χ2n) is 9.00. The van der Waals surface area contributed by atoms with E-state index in [1.807, 2.05) is 38.1 Å². The van der Waals surface area contributed by atoms with Gasteiger partial charge in [0.05, 0.1) is 11.4 Å². The molecule has 4 rings (SSSR count). The van der Waals surface area contributed by atoms with Crippen molar-refractivity contribution in [1.82, 2.24) is 0 Å². The maximum absolute atomic E-state index is 11.7. The monoisotopic (exact) mass is 390 g/mol. The molecular weight excluding hydrogens is 364 g/mol. The Morgan fingerprint density at radius 2 is 1.69 bits per heavy atom. The van der Waals surface area contributed by atoms with E-state index in [0.29, 0.717) is 12.0 Å². The molecule has 5 nitrogen and oxygen atoms in total. The average Bonchev–Trinajstić information content (AvgIpc) is 2.65. The van der Waals surface area contributed by atoms with Gasteiger partial charge in [-0.15, -0.1) is 0 Å². The highest BCUT2D eigenvalue weighted by Gasteiger charge is 2.35. The fourth-order valence-corrected chi connectivity index (χ4v) is 3.50. The van der Waals surface area contributed by atoms with Crippen molar-refractivity contribution >= 4 is 22.4 Å². The largest absolute Gasteiger partial charge is 0.481 e. The van der Waals surface area contributed by atoms with Crippen LogP contribution >= 0.6 is 0 Å². The fraction of sp³-hybridized carbons (Fsp3) is 0.333. The minimum absolute atomic E-state index is 0.109. The second-order valence-corrected chi connectivity index (χ2v) is 9.00. The molecule has 1 aromatic heterocycles. The van der Waals surface area contributed by atoms with Gasteiger partial charge in [-0.1, -0.05) is 32.9 Å². The summed E-state index contributed by atoms with van der Waals surface area (Å²) < 4.78 is 11.7. The van der Waals surface area contributed by atoms with Gasteiger partial charge in [0.1, 0.15) is 16.9 Å². The summed E-state index contributed by atoms with van der Waals surface area (Å²) in [7, 11) is 0. The molecule has 0 aliphatic carbocycles. The number of hydrogen-bond donors (Lipinski definition) is 1. The van der Waals surface area contributed by atoms with Crippen molar-refractivity contribution in [2.24, 2.45) is 5.10 Å². The molecule has 1 aliphatic heterocycles. The number of fused-ring (bicyclic) bond motifs is 3. The second kappa shape index (κ2) is 6.76. The Bertz CT molecular complexity index is 1150. The zero-order valence-corrected chi connectivity index (χ0v) is 17.5. The Morgan fingerprint density at radius 3 is 2.38 bits per heavy atom. The lowest BCUT2D eigenvalue weighted by Crippen LogP contribution is -2.43. The predicted molar refractivity (Wildman–Crippen MR) is 117 cm³/mol. The van der Waals surface area contributed by atoms with Crippen LogP contribution in [0.1, 0.15) is 45.7 Å². The van der Waals surface area contributed by atoms with Crippen LogP contribution in [0.4, 0.5) is 5.69 Å². The van der Waals surface area contributed by atoms with Gasteiger partial charge in [-0.2, -0.15) is 5.10 Å². The van der Waals surface area contributed by atoms with Crippen molar-refractivity contribution in [3.05, 3.63) is 70.1 Å². The number of hydrazone groups is 1. The molecule has 0 unspecified atom stereocenters. The first-order valence-corrected chi connectivity index (χ1v) is 9.82.